The minimum atomic E-state index is -4.46. The molecule has 0 aliphatic heterocycles. The van der Waals surface area contributed by atoms with Gasteiger partial charge in [0, 0.05) is 0 Å². The van der Waals surface area contributed by atoms with E-state index < -0.39 is 11.9 Å². The molecule has 0 aliphatic rings. The summed E-state index contributed by atoms with van der Waals surface area (Å²) in [6.45, 7) is 1.64. The molecule has 2 aromatic rings. The van der Waals surface area contributed by atoms with Crippen molar-refractivity contribution in [2.24, 2.45) is 0 Å². The zero-order valence-corrected chi connectivity index (χ0v) is 8.23. The van der Waals surface area contributed by atoms with E-state index in [1.165, 1.54) is 18.5 Å². The Morgan fingerprint density at radius 3 is 2.31 bits per heavy atom. The zero-order chi connectivity index (χ0) is 11.8. The second-order valence-electron chi connectivity index (χ2n) is 3.15. The quantitative estimate of drug-likeness (QED) is 0.749. The number of aromatic nitrogens is 4. The van der Waals surface area contributed by atoms with Gasteiger partial charge in [0.2, 0.25) is 0 Å². The fourth-order valence-electron chi connectivity index (χ4n) is 1.20. The second kappa shape index (κ2) is 3.58. The standard InChI is InChI=1S/C9H7F3N4/c1-6-2-3-7(9(10,11)12)15-8(6)16-13-4-5-14-16/h2-5H,1H3. The Labute approximate surface area is 88.7 Å². The number of pyridine rings is 1. The van der Waals surface area contributed by atoms with Crippen molar-refractivity contribution in [3.8, 4) is 5.82 Å². The first-order chi connectivity index (χ1) is 7.48. The van der Waals surface area contributed by atoms with Crippen LogP contribution in [-0.2, 0) is 6.18 Å². The molecule has 2 rings (SSSR count). The molecular formula is C9H7F3N4. The van der Waals surface area contributed by atoms with Crippen LogP contribution in [0.25, 0.3) is 5.82 Å². The molecule has 0 unspecified atom stereocenters. The predicted octanol–water partition coefficient (Wildman–Crippen LogP) is 1.99. The number of hydrogen-bond acceptors (Lipinski definition) is 3. The normalized spacial score (nSPS) is 11.8. The van der Waals surface area contributed by atoms with Gasteiger partial charge in [0.1, 0.15) is 5.69 Å². The minimum Gasteiger partial charge on any atom is -0.222 e. The van der Waals surface area contributed by atoms with Crippen molar-refractivity contribution in [2.75, 3.05) is 0 Å². The fraction of sp³-hybridized carbons (Fsp3) is 0.222. The van der Waals surface area contributed by atoms with Crippen LogP contribution in [0.2, 0.25) is 0 Å². The van der Waals surface area contributed by atoms with Crippen LogP contribution in [0.4, 0.5) is 13.2 Å². The molecule has 0 amide bonds. The summed E-state index contributed by atoms with van der Waals surface area (Å²) in [6.07, 6.45) is -1.71. The summed E-state index contributed by atoms with van der Waals surface area (Å²) in [5.41, 5.74) is -0.380. The Kier molecular flexibility index (Phi) is 2.37. The van der Waals surface area contributed by atoms with Gasteiger partial charge < -0.3 is 0 Å². The Bertz CT molecular complexity index is 490. The first-order valence-electron chi connectivity index (χ1n) is 4.40. The lowest BCUT2D eigenvalue weighted by atomic mass is 10.2. The largest absolute Gasteiger partial charge is 0.433 e. The number of hydrogen-bond donors (Lipinski definition) is 0. The van der Waals surface area contributed by atoms with Crippen molar-refractivity contribution >= 4 is 0 Å². The molecule has 0 atom stereocenters. The van der Waals surface area contributed by atoms with E-state index in [9.17, 15) is 13.2 Å². The minimum absolute atomic E-state index is 0.0832. The molecule has 0 aromatic carbocycles. The van der Waals surface area contributed by atoms with Crippen molar-refractivity contribution in [1.29, 1.82) is 0 Å². The molecule has 0 bridgehead atoms. The van der Waals surface area contributed by atoms with Crippen LogP contribution >= 0.6 is 0 Å². The van der Waals surface area contributed by atoms with E-state index in [-0.39, 0.29) is 5.82 Å². The summed E-state index contributed by atoms with van der Waals surface area (Å²) in [6, 6.07) is 2.27. The Balaban J connectivity index is 2.54. The maximum absolute atomic E-state index is 12.4. The van der Waals surface area contributed by atoms with Crippen molar-refractivity contribution in [1.82, 2.24) is 20.0 Å². The van der Waals surface area contributed by atoms with E-state index in [2.05, 4.69) is 15.2 Å². The van der Waals surface area contributed by atoms with Crippen molar-refractivity contribution in [3.63, 3.8) is 0 Å². The molecular weight excluding hydrogens is 221 g/mol. The number of halogens is 3. The second-order valence-corrected chi connectivity index (χ2v) is 3.15. The van der Waals surface area contributed by atoms with E-state index in [0.717, 1.165) is 10.9 Å². The van der Waals surface area contributed by atoms with Crippen LogP contribution in [0, 0.1) is 6.92 Å². The Morgan fingerprint density at radius 1 is 1.12 bits per heavy atom. The molecule has 84 valence electrons. The molecule has 7 heteroatoms. The van der Waals surface area contributed by atoms with Gasteiger partial charge in [0.25, 0.3) is 0 Å². The van der Waals surface area contributed by atoms with Crippen LogP contribution < -0.4 is 0 Å². The van der Waals surface area contributed by atoms with E-state index >= 15 is 0 Å². The molecule has 0 aliphatic carbocycles. The lowest BCUT2D eigenvalue weighted by molar-refractivity contribution is -0.141. The first-order valence-corrected chi connectivity index (χ1v) is 4.40. The molecule has 16 heavy (non-hydrogen) atoms. The fourth-order valence-corrected chi connectivity index (χ4v) is 1.20. The summed E-state index contributed by atoms with van der Waals surface area (Å²) in [5, 5.41) is 7.49. The van der Waals surface area contributed by atoms with Gasteiger partial charge in [-0.3, -0.25) is 0 Å². The molecule has 0 spiro atoms. The van der Waals surface area contributed by atoms with Gasteiger partial charge >= 0.3 is 6.18 Å². The Hall–Kier alpha value is -1.92. The monoisotopic (exact) mass is 228 g/mol. The summed E-state index contributed by atoms with van der Waals surface area (Å²) >= 11 is 0. The highest BCUT2D eigenvalue weighted by atomic mass is 19.4. The van der Waals surface area contributed by atoms with E-state index in [1.54, 1.807) is 6.92 Å². The SMILES string of the molecule is Cc1ccc(C(F)(F)F)nc1-n1nccn1. The van der Waals surface area contributed by atoms with Gasteiger partial charge in [-0.25, -0.2) is 4.98 Å². The van der Waals surface area contributed by atoms with Crippen molar-refractivity contribution in [2.45, 2.75) is 13.1 Å². The predicted molar refractivity (Wildman–Crippen MR) is 48.9 cm³/mol. The maximum Gasteiger partial charge on any atom is 0.433 e. The maximum atomic E-state index is 12.4. The number of nitrogens with zero attached hydrogens (tertiary/aromatic N) is 4. The topological polar surface area (TPSA) is 43.6 Å². The zero-order valence-electron chi connectivity index (χ0n) is 8.23. The van der Waals surface area contributed by atoms with Gasteiger partial charge in [-0.2, -0.15) is 23.4 Å². The number of rotatable bonds is 1. The van der Waals surface area contributed by atoms with Gasteiger partial charge in [-0.1, -0.05) is 6.07 Å². The van der Waals surface area contributed by atoms with E-state index in [1.807, 2.05) is 0 Å². The van der Waals surface area contributed by atoms with E-state index in [0.29, 0.717) is 5.56 Å². The first kappa shape index (κ1) is 10.6. The molecule has 0 N–H and O–H groups in total. The van der Waals surface area contributed by atoms with Crippen LogP contribution in [-0.4, -0.2) is 20.0 Å². The molecule has 4 nitrogen and oxygen atoms in total. The van der Waals surface area contributed by atoms with Gasteiger partial charge in [0.15, 0.2) is 5.82 Å². The van der Waals surface area contributed by atoms with Crippen LogP contribution in [0.15, 0.2) is 24.5 Å². The number of alkyl halides is 3. The Morgan fingerprint density at radius 2 is 1.75 bits per heavy atom. The summed E-state index contributed by atoms with van der Waals surface area (Å²) in [5.74, 6) is 0.0832. The number of aryl methyl sites for hydroxylation is 1. The summed E-state index contributed by atoms with van der Waals surface area (Å²) < 4.78 is 37.3. The van der Waals surface area contributed by atoms with Gasteiger partial charge in [-0.05, 0) is 18.6 Å². The van der Waals surface area contributed by atoms with Crippen molar-refractivity contribution < 1.29 is 13.2 Å². The summed E-state index contributed by atoms with van der Waals surface area (Å²) in [7, 11) is 0. The average molecular weight is 228 g/mol. The van der Waals surface area contributed by atoms with Gasteiger partial charge in [0.05, 0.1) is 12.4 Å². The molecule has 0 radical (unpaired) electrons. The molecule has 0 saturated carbocycles. The van der Waals surface area contributed by atoms with Crippen LogP contribution in [0.3, 0.4) is 0 Å². The highest BCUT2D eigenvalue weighted by Gasteiger charge is 2.33. The lowest BCUT2D eigenvalue weighted by Gasteiger charge is -2.09. The highest BCUT2D eigenvalue weighted by Crippen LogP contribution is 2.28. The molecule has 0 saturated heterocycles. The highest BCUT2D eigenvalue weighted by molar-refractivity contribution is 5.32. The third kappa shape index (κ3) is 1.88. The van der Waals surface area contributed by atoms with Gasteiger partial charge in [-0.15, -0.1) is 4.80 Å². The van der Waals surface area contributed by atoms with Crippen LogP contribution in [0.5, 0.6) is 0 Å². The average Bonchev–Trinajstić information content (AvgIpc) is 2.69. The summed E-state index contributed by atoms with van der Waals surface area (Å²) in [4.78, 5) is 4.56. The smallest absolute Gasteiger partial charge is 0.222 e. The van der Waals surface area contributed by atoms with E-state index in [4.69, 9.17) is 0 Å². The molecule has 2 heterocycles. The third-order valence-corrected chi connectivity index (χ3v) is 1.97. The third-order valence-electron chi connectivity index (χ3n) is 1.97. The van der Waals surface area contributed by atoms with Crippen molar-refractivity contribution in [3.05, 3.63) is 35.8 Å². The molecule has 0 fully saturated rings. The van der Waals surface area contributed by atoms with Crippen LogP contribution in [0.1, 0.15) is 11.3 Å². The lowest BCUT2D eigenvalue weighted by Crippen LogP contribution is -2.12. The molecule has 2 aromatic heterocycles.